The third kappa shape index (κ3) is 4.15. The molecule has 1 atom stereocenters. The van der Waals surface area contributed by atoms with E-state index >= 15 is 0 Å². The summed E-state index contributed by atoms with van der Waals surface area (Å²) in [5, 5.41) is 2.89. The molecule has 0 bridgehead atoms. The molecule has 0 fully saturated rings. The fraction of sp³-hybridized carbons (Fsp3) is 0.286. The lowest BCUT2D eigenvalue weighted by molar-refractivity contribution is 0.613. The summed E-state index contributed by atoms with van der Waals surface area (Å²) >= 11 is 7.74. The first-order valence-electron chi connectivity index (χ1n) is 5.76. The Bertz CT molecular complexity index is 453. The maximum absolute atomic E-state index is 6.13. The molecule has 0 amide bonds. The van der Waals surface area contributed by atoms with Crippen molar-refractivity contribution in [3.63, 3.8) is 0 Å². The van der Waals surface area contributed by atoms with E-state index in [1.54, 1.807) is 11.3 Å². The molecule has 2 rings (SSSR count). The zero-order valence-electron chi connectivity index (χ0n) is 9.60. The van der Waals surface area contributed by atoms with Crippen molar-refractivity contribution in [1.82, 2.24) is 0 Å². The highest BCUT2D eigenvalue weighted by Crippen LogP contribution is 2.15. The average Bonchev–Trinajstić information content (AvgIpc) is 2.79. The van der Waals surface area contributed by atoms with Gasteiger partial charge in [-0.05, 0) is 48.4 Å². The van der Waals surface area contributed by atoms with E-state index in [4.69, 9.17) is 17.3 Å². The number of aryl methyl sites for hydroxylation is 1. The lowest BCUT2D eigenvalue weighted by Gasteiger charge is -2.11. The van der Waals surface area contributed by atoms with Crippen molar-refractivity contribution in [2.45, 2.75) is 25.3 Å². The van der Waals surface area contributed by atoms with Gasteiger partial charge < -0.3 is 5.73 Å². The van der Waals surface area contributed by atoms with Gasteiger partial charge in [0.05, 0.1) is 0 Å². The highest BCUT2D eigenvalue weighted by molar-refractivity contribution is 7.09. The molecule has 0 aliphatic heterocycles. The standard InChI is InChI=1S/C14H16ClNS/c15-12-4-1-3-11(9-12)10-13(16)6-7-14-5-2-8-17-14/h1-5,8-9,13H,6-7,10,16H2. The molecule has 2 N–H and O–H groups in total. The van der Waals surface area contributed by atoms with Crippen LogP contribution in [0.15, 0.2) is 41.8 Å². The summed E-state index contributed by atoms with van der Waals surface area (Å²) in [4.78, 5) is 1.41. The Labute approximate surface area is 111 Å². The molecular weight excluding hydrogens is 250 g/mol. The SMILES string of the molecule is NC(CCc1cccs1)Cc1cccc(Cl)c1. The molecule has 0 spiro atoms. The minimum Gasteiger partial charge on any atom is -0.327 e. The summed E-state index contributed by atoms with van der Waals surface area (Å²) in [5.41, 5.74) is 7.35. The molecule has 17 heavy (non-hydrogen) atoms. The molecule has 0 aliphatic rings. The van der Waals surface area contributed by atoms with Crippen molar-refractivity contribution in [2.24, 2.45) is 5.73 Å². The number of rotatable bonds is 5. The largest absolute Gasteiger partial charge is 0.327 e. The van der Waals surface area contributed by atoms with Crippen LogP contribution in [0, 0.1) is 0 Å². The van der Waals surface area contributed by atoms with Gasteiger partial charge in [-0.2, -0.15) is 0 Å². The van der Waals surface area contributed by atoms with Crippen molar-refractivity contribution in [3.8, 4) is 0 Å². The van der Waals surface area contributed by atoms with E-state index in [0.717, 1.165) is 24.3 Å². The van der Waals surface area contributed by atoms with E-state index in [1.165, 1.54) is 10.4 Å². The topological polar surface area (TPSA) is 26.0 Å². The van der Waals surface area contributed by atoms with Crippen LogP contribution in [0.25, 0.3) is 0 Å². The second-order valence-electron chi connectivity index (χ2n) is 4.21. The second kappa shape index (κ2) is 6.20. The number of hydrogen-bond donors (Lipinski definition) is 1. The van der Waals surface area contributed by atoms with Gasteiger partial charge in [-0.3, -0.25) is 0 Å². The van der Waals surface area contributed by atoms with Crippen molar-refractivity contribution in [1.29, 1.82) is 0 Å². The van der Waals surface area contributed by atoms with Gasteiger partial charge in [0.2, 0.25) is 0 Å². The van der Waals surface area contributed by atoms with Crippen molar-refractivity contribution in [3.05, 3.63) is 57.2 Å². The molecule has 0 radical (unpaired) electrons. The lowest BCUT2D eigenvalue weighted by atomic mass is 10.0. The summed E-state index contributed by atoms with van der Waals surface area (Å²) in [5.74, 6) is 0. The average molecular weight is 266 g/mol. The van der Waals surface area contributed by atoms with Gasteiger partial charge in [0.15, 0.2) is 0 Å². The minimum absolute atomic E-state index is 0.204. The monoisotopic (exact) mass is 265 g/mol. The Morgan fingerprint density at radius 3 is 2.82 bits per heavy atom. The molecule has 90 valence electrons. The van der Waals surface area contributed by atoms with Crippen molar-refractivity contribution < 1.29 is 0 Å². The summed E-state index contributed by atoms with van der Waals surface area (Å²) in [6.45, 7) is 0. The molecule has 2 aromatic rings. The van der Waals surface area contributed by atoms with Gasteiger partial charge >= 0.3 is 0 Å². The molecule has 0 aliphatic carbocycles. The third-order valence-electron chi connectivity index (χ3n) is 2.73. The smallest absolute Gasteiger partial charge is 0.0408 e. The van der Waals surface area contributed by atoms with E-state index in [2.05, 4.69) is 23.6 Å². The van der Waals surface area contributed by atoms with E-state index in [9.17, 15) is 0 Å². The second-order valence-corrected chi connectivity index (χ2v) is 5.68. The first-order valence-corrected chi connectivity index (χ1v) is 7.02. The van der Waals surface area contributed by atoms with E-state index < -0.39 is 0 Å². The maximum atomic E-state index is 6.13. The molecule has 1 heterocycles. The van der Waals surface area contributed by atoms with Crippen LogP contribution >= 0.6 is 22.9 Å². The van der Waals surface area contributed by atoms with Crippen LogP contribution in [0.4, 0.5) is 0 Å². The summed E-state index contributed by atoms with van der Waals surface area (Å²) in [7, 11) is 0. The third-order valence-corrected chi connectivity index (χ3v) is 3.90. The summed E-state index contributed by atoms with van der Waals surface area (Å²) in [6.07, 6.45) is 2.98. The molecule has 0 saturated heterocycles. The predicted molar refractivity (Wildman–Crippen MR) is 75.8 cm³/mol. The molecular formula is C14H16ClNS. The van der Waals surface area contributed by atoms with Gasteiger partial charge in [-0.25, -0.2) is 0 Å². The molecule has 1 nitrogen and oxygen atoms in total. The van der Waals surface area contributed by atoms with Crippen LogP contribution in [-0.4, -0.2) is 6.04 Å². The fourth-order valence-corrected chi connectivity index (χ4v) is 2.79. The molecule has 0 saturated carbocycles. The molecule has 3 heteroatoms. The Morgan fingerprint density at radius 1 is 1.24 bits per heavy atom. The van der Waals surface area contributed by atoms with Crippen LogP contribution in [0.1, 0.15) is 16.9 Å². The van der Waals surface area contributed by atoms with Crippen LogP contribution in [0.3, 0.4) is 0 Å². The van der Waals surface area contributed by atoms with Crippen LogP contribution in [0.2, 0.25) is 5.02 Å². The Kier molecular flexibility index (Phi) is 4.60. The number of benzene rings is 1. The number of hydrogen-bond acceptors (Lipinski definition) is 2. The van der Waals surface area contributed by atoms with Crippen LogP contribution in [0.5, 0.6) is 0 Å². The predicted octanol–water partition coefficient (Wildman–Crippen LogP) is 3.90. The fourth-order valence-electron chi connectivity index (χ4n) is 1.85. The minimum atomic E-state index is 0.204. The number of halogens is 1. The van der Waals surface area contributed by atoms with Crippen LogP contribution in [-0.2, 0) is 12.8 Å². The highest BCUT2D eigenvalue weighted by Gasteiger charge is 2.05. The highest BCUT2D eigenvalue weighted by atomic mass is 35.5. The van der Waals surface area contributed by atoms with Gasteiger partial charge in [0, 0.05) is 15.9 Å². The first-order chi connectivity index (χ1) is 8.24. The van der Waals surface area contributed by atoms with Gasteiger partial charge in [0.1, 0.15) is 0 Å². The Balaban J connectivity index is 1.83. The van der Waals surface area contributed by atoms with Gasteiger partial charge in [0.25, 0.3) is 0 Å². The summed E-state index contributed by atoms with van der Waals surface area (Å²) < 4.78 is 0. The zero-order valence-corrected chi connectivity index (χ0v) is 11.2. The van der Waals surface area contributed by atoms with E-state index in [0.29, 0.717) is 0 Å². The maximum Gasteiger partial charge on any atom is 0.0408 e. The van der Waals surface area contributed by atoms with Crippen LogP contribution < -0.4 is 5.73 Å². The lowest BCUT2D eigenvalue weighted by Crippen LogP contribution is -2.23. The zero-order chi connectivity index (χ0) is 12.1. The van der Waals surface area contributed by atoms with Crippen molar-refractivity contribution in [2.75, 3.05) is 0 Å². The van der Waals surface area contributed by atoms with Gasteiger partial charge in [-0.1, -0.05) is 29.8 Å². The van der Waals surface area contributed by atoms with E-state index in [1.807, 2.05) is 18.2 Å². The normalized spacial score (nSPS) is 12.6. The summed E-state index contributed by atoms with van der Waals surface area (Å²) in [6, 6.07) is 12.4. The first kappa shape index (κ1) is 12.6. The number of thiophene rings is 1. The Morgan fingerprint density at radius 2 is 2.12 bits per heavy atom. The van der Waals surface area contributed by atoms with Crippen molar-refractivity contribution >= 4 is 22.9 Å². The Hall–Kier alpha value is -0.830. The molecule has 1 aromatic carbocycles. The van der Waals surface area contributed by atoms with Gasteiger partial charge in [-0.15, -0.1) is 11.3 Å². The molecule has 1 aromatic heterocycles. The van der Waals surface area contributed by atoms with E-state index in [-0.39, 0.29) is 6.04 Å². The molecule has 1 unspecified atom stereocenters. The number of nitrogens with two attached hydrogens (primary N) is 1. The quantitative estimate of drug-likeness (QED) is 0.872.